The van der Waals surface area contributed by atoms with Gasteiger partial charge in [0.25, 0.3) is 0 Å². The molecule has 208 valence electrons. The van der Waals surface area contributed by atoms with Crippen molar-refractivity contribution >= 4 is 12.8 Å². The molecule has 1 N–H and O–H groups in total. The highest BCUT2D eigenvalue weighted by atomic mass is 17.1. The Bertz CT molecular complexity index is 586. The molecule has 0 aliphatic heterocycles. The van der Waals surface area contributed by atoms with Crippen LogP contribution in [0.4, 0.5) is 0 Å². The lowest BCUT2D eigenvalue weighted by Crippen LogP contribution is -2.33. The van der Waals surface area contributed by atoms with E-state index in [2.05, 4.69) is 18.4 Å². The summed E-state index contributed by atoms with van der Waals surface area (Å²) >= 11 is 0. The zero-order chi connectivity index (χ0) is 26.2. The largest absolute Gasteiger partial charge is 0.462 e. The van der Waals surface area contributed by atoms with Gasteiger partial charge in [0.15, 0.2) is 0 Å². The Morgan fingerprint density at radius 1 is 0.889 bits per heavy atom. The van der Waals surface area contributed by atoms with E-state index < -0.39 is 0 Å². The molecule has 36 heavy (non-hydrogen) atoms. The maximum absolute atomic E-state index is 12.8. The highest BCUT2D eigenvalue weighted by Crippen LogP contribution is 2.41. The first-order valence-electron chi connectivity index (χ1n) is 14.7. The lowest BCUT2D eigenvalue weighted by Gasteiger charge is -2.38. The van der Waals surface area contributed by atoms with Gasteiger partial charge in [0.1, 0.15) is 19.0 Å². The van der Waals surface area contributed by atoms with Gasteiger partial charge >= 0.3 is 5.97 Å². The third-order valence-corrected chi connectivity index (χ3v) is 8.90. The highest BCUT2D eigenvalue weighted by Gasteiger charge is 2.34. The summed E-state index contributed by atoms with van der Waals surface area (Å²) in [5, 5.41) is 8.71. The topological polar surface area (TPSA) is 82.1 Å². The van der Waals surface area contributed by atoms with Crippen molar-refractivity contribution in [3.8, 4) is 0 Å². The SMILES string of the molecule is C=CC(CCCCOC1CCC(C(=O)OC2CCC(C3CCC(CCC)CC3)CC2)CC1)OO.C=O. The predicted octanol–water partition coefficient (Wildman–Crippen LogP) is 7.30. The number of carbonyl (C=O) groups excluding carboxylic acids is 2. The van der Waals surface area contributed by atoms with Gasteiger partial charge in [-0.2, -0.15) is 0 Å². The van der Waals surface area contributed by atoms with E-state index >= 15 is 0 Å². The number of unbranched alkanes of at least 4 members (excludes halogenated alkanes) is 1. The van der Waals surface area contributed by atoms with Crippen LogP contribution in [0.5, 0.6) is 0 Å². The summed E-state index contributed by atoms with van der Waals surface area (Å²) in [4.78, 5) is 25.1. The molecular formula is C30H52O6. The predicted molar refractivity (Wildman–Crippen MR) is 143 cm³/mol. The van der Waals surface area contributed by atoms with Crippen LogP contribution in [0.3, 0.4) is 0 Å². The summed E-state index contributed by atoms with van der Waals surface area (Å²) in [5.74, 6) is 2.87. The molecular weight excluding hydrogens is 456 g/mol. The maximum atomic E-state index is 12.8. The zero-order valence-corrected chi connectivity index (χ0v) is 22.7. The van der Waals surface area contributed by atoms with Gasteiger partial charge < -0.3 is 14.3 Å². The van der Waals surface area contributed by atoms with Crippen LogP contribution in [0, 0.1) is 23.7 Å². The lowest BCUT2D eigenvalue weighted by atomic mass is 9.70. The molecule has 3 rings (SSSR count). The zero-order valence-electron chi connectivity index (χ0n) is 22.7. The van der Waals surface area contributed by atoms with Crippen molar-refractivity contribution in [2.45, 2.75) is 134 Å². The van der Waals surface area contributed by atoms with Gasteiger partial charge in [-0.05, 0) is 101 Å². The smallest absolute Gasteiger partial charge is 0.309 e. The number of hydrogen-bond acceptors (Lipinski definition) is 6. The van der Waals surface area contributed by atoms with Gasteiger partial charge in [-0.25, -0.2) is 4.89 Å². The van der Waals surface area contributed by atoms with E-state index in [4.69, 9.17) is 19.5 Å². The molecule has 0 aromatic rings. The Hall–Kier alpha value is -1.24. The van der Waals surface area contributed by atoms with Gasteiger partial charge in [0, 0.05) is 6.61 Å². The van der Waals surface area contributed by atoms with Crippen LogP contribution in [-0.4, -0.2) is 42.9 Å². The van der Waals surface area contributed by atoms with Crippen LogP contribution in [-0.2, 0) is 24.0 Å². The number of ether oxygens (including phenoxy) is 2. The average Bonchev–Trinajstić information content (AvgIpc) is 2.93. The van der Waals surface area contributed by atoms with E-state index in [0.29, 0.717) is 0 Å². The quantitative estimate of drug-likeness (QED) is 0.0924. The van der Waals surface area contributed by atoms with Crippen molar-refractivity contribution < 1.29 is 29.2 Å². The van der Waals surface area contributed by atoms with Crippen LogP contribution < -0.4 is 0 Å². The Labute approximate surface area is 219 Å². The summed E-state index contributed by atoms with van der Waals surface area (Å²) in [7, 11) is 0. The first-order valence-corrected chi connectivity index (χ1v) is 14.7. The van der Waals surface area contributed by atoms with Crippen LogP contribution in [0.15, 0.2) is 12.7 Å². The molecule has 1 atom stereocenters. The summed E-state index contributed by atoms with van der Waals surface area (Å²) < 4.78 is 12.0. The minimum absolute atomic E-state index is 0.0430. The van der Waals surface area contributed by atoms with Crippen LogP contribution in [0.1, 0.15) is 116 Å². The van der Waals surface area contributed by atoms with Crippen molar-refractivity contribution in [3.63, 3.8) is 0 Å². The molecule has 6 nitrogen and oxygen atoms in total. The monoisotopic (exact) mass is 508 g/mol. The normalized spacial score (nSPS) is 31.5. The highest BCUT2D eigenvalue weighted by molar-refractivity contribution is 5.72. The van der Waals surface area contributed by atoms with E-state index in [1.807, 2.05) is 6.79 Å². The van der Waals surface area contributed by atoms with Crippen molar-refractivity contribution in [2.24, 2.45) is 23.7 Å². The Morgan fingerprint density at radius 3 is 2.03 bits per heavy atom. The minimum Gasteiger partial charge on any atom is -0.462 e. The summed E-state index contributed by atoms with van der Waals surface area (Å²) in [6, 6.07) is 0. The Morgan fingerprint density at radius 2 is 1.47 bits per heavy atom. The second-order valence-electron chi connectivity index (χ2n) is 11.3. The van der Waals surface area contributed by atoms with Crippen LogP contribution >= 0.6 is 0 Å². The van der Waals surface area contributed by atoms with Crippen molar-refractivity contribution in [3.05, 3.63) is 12.7 Å². The molecule has 0 saturated heterocycles. The first kappa shape index (κ1) is 31.0. The second-order valence-corrected chi connectivity index (χ2v) is 11.3. The minimum atomic E-state index is -0.290. The third-order valence-electron chi connectivity index (χ3n) is 8.90. The summed E-state index contributed by atoms with van der Waals surface area (Å²) in [6.45, 7) is 8.67. The third kappa shape index (κ3) is 10.6. The molecule has 0 aromatic heterocycles. The number of hydrogen-bond donors (Lipinski definition) is 1. The molecule has 0 amide bonds. The molecule has 0 radical (unpaired) electrons. The molecule has 3 fully saturated rings. The summed E-state index contributed by atoms with van der Waals surface area (Å²) in [5.41, 5.74) is 0. The Kier molecular flexibility index (Phi) is 15.6. The fourth-order valence-corrected chi connectivity index (χ4v) is 6.67. The van der Waals surface area contributed by atoms with Crippen LogP contribution in [0.25, 0.3) is 0 Å². The standard InChI is InChI=1S/C29H50O5.CH2O/c1-3-7-22-9-11-23(12-10-22)24-13-19-28(20-14-24)33-29(30)25-15-17-27(18-16-25)32-21-6-5-8-26(4-2)34-31;1-2/h4,22-28,31H,2-3,5-21H2,1H3;1H2. The molecule has 0 aromatic carbocycles. The first-order chi connectivity index (χ1) is 17.6. The molecule has 6 heteroatoms. The van der Waals surface area contributed by atoms with Crippen molar-refractivity contribution in [1.29, 1.82) is 0 Å². The van der Waals surface area contributed by atoms with Gasteiger partial charge in [-0.15, -0.1) is 6.58 Å². The Balaban J connectivity index is 0.00000222. The number of rotatable bonds is 13. The van der Waals surface area contributed by atoms with Crippen molar-refractivity contribution in [2.75, 3.05) is 6.61 Å². The second kappa shape index (κ2) is 18.1. The average molecular weight is 509 g/mol. The lowest BCUT2D eigenvalue weighted by molar-refractivity contribution is -0.267. The molecule has 0 heterocycles. The van der Waals surface area contributed by atoms with E-state index in [1.165, 1.54) is 51.4 Å². The van der Waals surface area contributed by atoms with E-state index in [9.17, 15) is 4.79 Å². The number of esters is 1. The summed E-state index contributed by atoms with van der Waals surface area (Å²) in [6.07, 6.45) is 21.1. The van der Waals surface area contributed by atoms with Gasteiger partial charge in [0.2, 0.25) is 0 Å². The van der Waals surface area contributed by atoms with Crippen molar-refractivity contribution in [1.82, 2.24) is 0 Å². The molecule has 0 spiro atoms. The van der Waals surface area contributed by atoms with Gasteiger partial charge in [-0.3, -0.25) is 10.1 Å². The molecule has 3 aliphatic rings. The molecule has 0 bridgehead atoms. The maximum Gasteiger partial charge on any atom is 0.309 e. The molecule has 3 aliphatic carbocycles. The fraction of sp³-hybridized carbons (Fsp3) is 0.867. The van der Waals surface area contributed by atoms with Gasteiger partial charge in [0.05, 0.1) is 12.0 Å². The van der Waals surface area contributed by atoms with E-state index in [-0.39, 0.29) is 30.2 Å². The van der Waals surface area contributed by atoms with Gasteiger partial charge in [-0.1, -0.05) is 38.7 Å². The van der Waals surface area contributed by atoms with E-state index in [0.717, 1.165) is 82.1 Å². The van der Waals surface area contributed by atoms with Crippen LogP contribution in [0.2, 0.25) is 0 Å². The number of carbonyl (C=O) groups is 2. The van der Waals surface area contributed by atoms with E-state index in [1.54, 1.807) is 6.08 Å². The molecule has 3 saturated carbocycles. The fourth-order valence-electron chi connectivity index (χ4n) is 6.67. The molecule has 1 unspecified atom stereocenters.